The fourth-order valence-electron chi connectivity index (χ4n) is 2.02. The minimum atomic E-state index is -0.0281. The standard InChI is InChI=1S/C15H21N5O/c1-19(14-8-3-2-4-9-14)15(21)12-20-11-13(17-18-20)7-5-6-10-16/h2-4,8-9,11H,5-7,10,12,16H2,1H3. The zero-order chi connectivity index (χ0) is 15.1. The number of unbranched alkanes of at least 4 members (excludes halogenated alkanes) is 1. The Labute approximate surface area is 124 Å². The molecular weight excluding hydrogens is 266 g/mol. The van der Waals surface area contributed by atoms with Gasteiger partial charge in [0.2, 0.25) is 5.91 Å². The molecule has 1 aromatic heterocycles. The van der Waals surface area contributed by atoms with Crippen molar-refractivity contribution in [3.05, 3.63) is 42.2 Å². The molecule has 0 unspecified atom stereocenters. The van der Waals surface area contributed by atoms with E-state index in [1.165, 1.54) is 0 Å². The Morgan fingerprint density at radius 3 is 2.76 bits per heavy atom. The van der Waals surface area contributed by atoms with Gasteiger partial charge in [0.25, 0.3) is 0 Å². The van der Waals surface area contributed by atoms with Gasteiger partial charge in [0.05, 0.1) is 5.69 Å². The lowest BCUT2D eigenvalue weighted by Gasteiger charge is -2.16. The molecule has 0 aliphatic heterocycles. The summed E-state index contributed by atoms with van der Waals surface area (Å²) in [6.45, 7) is 0.879. The van der Waals surface area contributed by atoms with Crippen LogP contribution in [0.15, 0.2) is 36.5 Å². The van der Waals surface area contributed by atoms with Crippen molar-refractivity contribution in [3.8, 4) is 0 Å². The van der Waals surface area contributed by atoms with Crippen LogP contribution in [0.1, 0.15) is 18.5 Å². The van der Waals surface area contributed by atoms with Crippen molar-refractivity contribution in [2.45, 2.75) is 25.8 Å². The number of aryl methyl sites for hydroxylation is 1. The van der Waals surface area contributed by atoms with Crippen LogP contribution < -0.4 is 10.6 Å². The number of rotatable bonds is 7. The minimum absolute atomic E-state index is 0.0281. The monoisotopic (exact) mass is 287 g/mol. The van der Waals surface area contributed by atoms with Gasteiger partial charge in [-0.2, -0.15) is 0 Å². The first kappa shape index (κ1) is 15.2. The Morgan fingerprint density at radius 2 is 2.05 bits per heavy atom. The molecule has 1 heterocycles. The van der Waals surface area contributed by atoms with Crippen LogP contribution in [0, 0.1) is 0 Å². The fourth-order valence-corrected chi connectivity index (χ4v) is 2.02. The van der Waals surface area contributed by atoms with Crippen LogP contribution in [0.5, 0.6) is 0 Å². The largest absolute Gasteiger partial charge is 0.330 e. The van der Waals surface area contributed by atoms with E-state index in [-0.39, 0.29) is 12.5 Å². The first-order chi connectivity index (χ1) is 10.2. The number of anilines is 1. The molecule has 1 aromatic carbocycles. The summed E-state index contributed by atoms with van der Waals surface area (Å²) in [5.74, 6) is -0.0281. The Morgan fingerprint density at radius 1 is 1.29 bits per heavy atom. The number of hydrogen-bond acceptors (Lipinski definition) is 4. The number of likely N-dealkylation sites (N-methyl/N-ethyl adjacent to an activating group) is 1. The van der Waals surface area contributed by atoms with Gasteiger partial charge in [-0.3, -0.25) is 4.79 Å². The molecular formula is C15H21N5O. The normalized spacial score (nSPS) is 10.6. The van der Waals surface area contributed by atoms with Crippen LogP contribution in [0.4, 0.5) is 5.69 Å². The molecule has 0 radical (unpaired) electrons. The molecule has 0 aliphatic carbocycles. The molecule has 6 nitrogen and oxygen atoms in total. The van der Waals surface area contributed by atoms with Gasteiger partial charge in [-0.1, -0.05) is 23.4 Å². The van der Waals surface area contributed by atoms with Gasteiger partial charge in [-0.25, -0.2) is 4.68 Å². The summed E-state index contributed by atoms with van der Waals surface area (Å²) in [5, 5.41) is 8.07. The van der Waals surface area contributed by atoms with E-state index in [9.17, 15) is 4.79 Å². The molecule has 6 heteroatoms. The lowest BCUT2D eigenvalue weighted by molar-refractivity contribution is -0.119. The average molecular weight is 287 g/mol. The summed E-state index contributed by atoms with van der Waals surface area (Å²) in [6, 6.07) is 9.54. The van der Waals surface area contributed by atoms with Crippen LogP contribution in [0.3, 0.4) is 0 Å². The van der Waals surface area contributed by atoms with Gasteiger partial charge in [-0.05, 0) is 37.9 Å². The van der Waals surface area contributed by atoms with Crippen molar-refractivity contribution in [1.82, 2.24) is 15.0 Å². The average Bonchev–Trinajstić information content (AvgIpc) is 2.95. The second-order valence-electron chi connectivity index (χ2n) is 4.94. The highest BCUT2D eigenvalue weighted by molar-refractivity contribution is 5.92. The molecule has 1 amide bonds. The topological polar surface area (TPSA) is 77.0 Å². The molecule has 0 bridgehead atoms. The number of para-hydroxylation sites is 1. The molecule has 0 fully saturated rings. The highest BCUT2D eigenvalue weighted by atomic mass is 16.2. The van der Waals surface area contributed by atoms with Crippen molar-refractivity contribution >= 4 is 11.6 Å². The molecule has 2 aromatic rings. The van der Waals surface area contributed by atoms with Gasteiger partial charge in [-0.15, -0.1) is 5.10 Å². The number of hydrogen-bond donors (Lipinski definition) is 1. The second kappa shape index (κ2) is 7.54. The minimum Gasteiger partial charge on any atom is -0.330 e. The third kappa shape index (κ3) is 4.39. The maximum atomic E-state index is 12.2. The number of benzene rings is 1. The zero-order valence-corrected chi connectivity index (χ0v) is 12.3. The number of amides is 1. The van der Waals surface area contributed by atoms with Crippen LogP contribution in [0.25, 0.3) is 0 Å². The third-order valence-corrected chi connectivity index (χ3v) is 3.29. The Bertz CT molecular complexity index is 566. The van der Waals surface area contributed by atoms with Crippen molar-refractivity contribution in [2.24, 2.45) is 5.73 Å². The van der Waals surface area contributed by atoms with Gasteiger partial charge in [0.1, 0.15) is 6.54 Å². The molecule has 0 saturated heterocycles. The van der Waals surface area contributed by atoms with Crippen molar-refractivity contribution in [1.29, 1.82) is 0 Å². The molecule has 112 valence electrons. The second-order valence-corrected chi connectivity index (χ2v) is 4.94. The summed E-state index contributed by atoms with van der Waals surface area (Å²) < 4.78 is 1.58. The number of aromatic nitrogens is 3. The van der Waals surface area contributed by atoms with E-state index in [0.29, 0.717) is 6.54 Å². The first-order valence-corrected chi connectivity index (χ1v) is 7.11. The van der Waals surface area contributed by atoms with Crippen molar-refractivity contribution in [3.63, 3.8) is 0 Å². The molecule has 2 N–H and O–H groups in total. The van der Waals surface area contributed by atoms with Crippen LogP contribution in [-0.2, 0) is 17.8 Å². The third-order valence-electron chi connectivity index (χ3n) is 3.29. The maximum Gasteiger partial charge on any atom is 0.248 e. The first-order valence-electron chi connectivity index (χ1n) is 7.11. The van der Waals surface area contributed by atoms with E-state index in [0.717, 1.165) is 30.6 Å². The van der Waals surface area contributed by atoms with Crippen LogP contribution in [-0.4, -0.2) is 34.5 Å². The smallest absolute Gasteiger partial charge is 0.248 e. The molecule has 0 aliphatic rings. The summed E-state index contributed by atoms with van der Waals surface area (Å²) >= 11 is 0. The van der Waals surface area contributed by atoms with Gasteiger partial charge in [0, 0.05) is 18.9 Å². The van der Waals surface area contributed by atoms with E-state index < -0.39 is 0 Å². The van der Waals surface area contributed by atoms with Crippen molar-refractivity contribution in [2.75, 3.05) is 18.5 Å². The number of nitrogens with zero attached hydrogens (tertiary/aromatic N) is 4. The molecule has 0 atom stereocenters. The summed E-state index contributed by atoms with van der Waals surface area (Å²) in [7, 11) is 1.76. The lowest BCUT2D eigenvalue weighted by Crippen LogP contribution is -2.30. The highest BCUT2D eigenvalue weighted by Gasteiger charge is 2.12. The van der Waals surface area contributed by atoms with E-state index >= 15 is 0 Å². The summed E-state index contributed by atoms with van der Waals surface area (Å²) in [6.07, 6.45) is 4.64. The molecule has 2 rings (SSSR count). The lowest BCUT2D eigenvalue weighted by atomic mass is 10.2. The Kier molecular flexibility index (Phi) is 5.45. The quantitative estimate of drug-likeness (QED) is 0.777. The SMILES string of the molecule is CN(C(=O)Cn1cc(CCCCN)nn1)c1ccccc1. The van der Waals surface area contributed by atoms with Crippen molar-refractivity contribution < 1.29 is 4.79 Å². The molecule has 21 heavy (non-hydrogen) atoms. The number of carbonyl (C=O) groups is 1. The summed E-state index contributed by atoms with van der Waals surface area (Å²) in [5.41, 5.74) is 7.23. The molecule has 0 saturated carbocycles. The highest BCUT2D eigenvalue weighted by Crippen LogP contribution is 2.11. The van der Waals surface area contributed by atoms with E-state index in [1.54, 1.807) is 16.6 Å². The van der Waals surface area contributed by atoms with Gasteiger partial charge in [0.15, 0.2) is 0 Å². The van der Waals surface area contributed by atoms with Crippen LogP contribution in [0.2, 0.25) is 0 Å². The summed E-state index contributed by atoms with van der Waals surface area (Å²) in [4.78, 5) is 13.8. The Hall–Kier alpha value is -2.21. The van der Waals surface area contributed by atoms with Gasteiger partial charge >= 0.3 is 0 Å². The number of carbonyl (C=O) groups excluding carboxylic acids is 1. The van der Waals surface area contributed by atoms with E-state index in [4.69, 9.17) is 5.73 Å². The predicted octanol–water partition coefficient (Wildman–Crippen LogP) is 1.22. The zero-order valence-electron chi connectivity index (χ0n) is 12.3. The van der Waals surface area contributed by atoms with E-state index in [1.807, 2.05) is 36.5 Å². The maximum absolute atomic E-state index is 12.2. The van der Waals surface area contributed by atoms with Crippen LogP contribution >= 0.6 is 0 Å². The predicted molar refractivity (Wildman–Crippen MR) is 81.9 cm³/mol. The number of nitrogens with two attached hydrogens (primary N) is 1. The van der Waals surface area contributed by atoms with E-state index in [2.05, 4.69) is 10.3 Å². The Balaban J connectivity index is 1.90. The fraction of sp³-hybridized carbons (Fsp3) is 0.400. The van der Waals surface area contributed by atoms with Gasteiger partial charge < -0.3 is 10.6 Å². The molecule has 0 spiro atoms.